The first-order valence-corrected chi connectivity index (χ1v) is 7.92. The molecule has 0 spiro atoms. The Kier molecular flexibility index (Phi) is 3.91. The summed E-state index contributed by atoms with van der Waals surface area (Å²) in [6.07, 6.45) is 7.42. The van der Waals surface area contributed by atoms with Crippen LogP contribution in [0.5, 0.6) is 0 Å². The lowest BCUT2D eigenvalue weighted by atomic mass is 9.73. The highest BCUT2D eigenvalue weighted by Gasteiger charge is 2.41. The molecule has 2 aliphatic carbocycles. The maximum Gasteiger partial charge on any atom is 0.126 e. The van der Waals surface area contributed by atoms with Gasteiger partial charge in [-0.25, -0.2) is 4.39 Å². The molecule has 110 valence electrons. The molecule has 0 saturated heterocycles. The zero-order valence-corrected chi connectivity index (χ0v) is 12.4. The van der Waals surface area contributed by atoms with Crippen molar-refractivity contribution in [2.45, 2.75) is 44.1 Å². The van der Waals surface area contributed by atoms with Gasteiger partial charge in [-0.1, -0.05) is 24.4 Å². The van der Waals surface area contributed by atoms with Crippen LogP contribution in [0.25, 0.3) is 0 Å². The molecule has 2 saturated carbocycles. The Morgan fingerprint density at radius 3 is 2.70 bits per heavy atom. The van der Waals surface area contributed by atoms with E-state index in [2.05, 4.69) is 5.32 Å². The summed E-state index contributed by atoms with van der Waals surface area (Å²) in [7, 11) is 0. The van der Waals surface area contributed by atoms with E-state index in [0.29, 0.717) is 11.6 Å². The first-order chi connectivity index (χ1) is 9.60. The van der Waals surface area contributed by atoms with Crippen molar-refractivity contribution in [3.05, 3.63) is 29.0 Å². The SMILES string of the molecule is NCC1(Nc2cc(F)cc(Cl)c2)CCCC(C2CC2)C1. The smallest absolute Gasteiger partial charge is 0.126 e. The van der Waals surface area contributed by atoms with Gasteiger partial charge in [0.25, 0.3) is 0 Å². The Morgan fingerprint density at radius 1 is 1.25 bits per heavy atom. The third-order valence-corrected chi connectivity index (χ3v) is 5.05. The van der Waals surface area contributed by atoms with Gasteiger partial charge in [0.2, 0.25) is 0 Å². The number of anilines is 1. The van der Waals surface area contributed by atoms with E-state index in [0.717, 1.165) is 30.4 Å². The van der Waals surface area contributed by atoms with Crippen LogP contribution < -0.4 is 11.1 Å². The quantitative estimate of drug-likeness (QED) is 0.874. The lowest BCUT2D eigenvalue weighted by molar-refractivity contribution is 0.228. The molecule has 2 nitrogen and oxygen atoms in total. The summed E-state index contributed by atoms with van der Waals surface area (Å²) < 4.78 is 13.5. The molecule has 4 heteroatoms. The van der Waals surface area contributed by atoms with E-state index in [1.165, 1.54) is 37.8 Å². The Hall–Kier alpha value is -0.800. The molecule has 2 atom stereocenters. The molecule has 3 N–H and O–H groups in total. The molecule has 1 aromatic carbocycles. The van der Waals surface area contributed by atoms with Crippen molar-refractivity contribution < 1.29 is 4.39 Å². The zero-order valence-electron chi connectivity index (χ0n) is 11.7. The molecular weight excluding hydrogens is 275 g/mol. The molecule has 2 unspecified atom stereocenters. The normalized spacial score (nSPS) is 30.2. The van der Waals surface area contributed by atoms with Crippen molar-refractivity contribution in [2.24, 2.45) is 17.6 Å². The number of nitrogens with one attached hydrogen (secondary N) is 1. The van der Waals surface area contributed by atoms with E-state index in [1.54, 1.807) is 6.07 Å². The first kappa shape index (κ1) is 14.2. The number of nitrogens with two attached hydrogens (primary N) is 1. The third kappa shape index (κ3) is 3.09. The van der Waals surface area contributed by atoms with Crippen molar-refractivity contribution >= 4 is 17.3 Å². The van der Waals surface area contributed by atoms with Gasteiger partial charge in [0.05, 0.1) is 0 Å². The molecular formula is C16H22ClFN2. The topological polar surface area (TPSA) is 38.0 Å². The molecule has 20 heavy (non-hydrogen) atoms. The average molecular weight is 297 g/mol. The lowest BCUT2D eigenvalue weighted by Gasteiger charge is -2.42. The van der Waals surface area contributed by atoms with Crippen molar-refractivity contribution in [3.63, 3.8) is 0 Å². The van der Waals surface area contributed by atoms with Crippen LogP contribution in [0.2, 0.25) is 5.02 Å². The number of halogens is 2. The van der Waals surface area contributed by atoms with E-state index in [1.807, 2.05) is 0 Å². The van der Waals surface area contributed by atoms with E-state index in [4.69, 9.17) is 17.3 Å². The minimum absolute atomic E-state index is 0.0946. The standard InChI is InChI=1S/C16H22ClFN2/c17-13-6-14(18)8-15(7-13)20-16(10-19)5-1-2-12(9-16)11-3-4-11/h6-8,11-12,20H,1-5,9-10,19H2. The summed E-state index contributed by atoms with van der Waals surface area (Å²) in [5.74, 6) is 1.38. The lowest BCUT2D eigenvalue weighted by Crippen LogP contribution is -2.49. The Labute approximate surface area is 124 Å². The van der Waals surface area contributed by atoms with Crippen LogP contribution in [-0.2, 0) is 0 Å². The van der Waals surface area contributed by atoms with E-state index >= 15 is 0 Å². The number of rotatable bonds is 4. The monoisotopic (exact) mass is 296 g/mol. The van der Waals surface area contributed by atoms with Crippen LogP contribution in [-0.4, -0.2) is 12.1 Å². The summed E-state index contributed by atoms with van der Waals surface area (Å²) in [4.78, 5) is 0. The molecule has 0 amide bonds. The minimum Gasteiger partial charge on any atom is -0.378 e. The largest absolute Gasteiger partial charge is 0.378 e. The van der Waals surface area contributed by atoms with Gasteiger partial charge >= 0.3 is 0 Å². The predicted octanol–water partition coefficient (Wildman–Crippen LogP) is 4.19. The van der Waals surface area contributed by atoms with Crippen LogP contribution in [0.3, 0.4) is 0 Å². The van der Waals surface area contributed by atoms with Crippen LogP contribution >= 0.6 is 11.6 Å². The van der Waals surface area contributed by atoms with E-state index in [9.17, 15) is 4.39 Å². The van der Waals surface area contributed by atoms with Gasteiger partial charge in [-0.15, -0.1) is 0 Å². The molecule has 2 aliphatic rings. The maximum atomic E-state index is 13.5. The molecule has 2 fully saturated rings. The van der Waals surface area contributed by atoms with Gasteiger partial charge in [-0.2, -0.15) is 0 Å². The summed E-state index contributed by atoms with van der Waals surface area (Å²) in [6.45, 7) is 0.588. The molecule has 0 bridgehead atoms. The third-order valence-electron chi connectivity index (χ3n) is 4.83. The second kappa shape index (κ2) is 5.53. The Morgan fingerprint density at radius 2 is 2.05 bits per heavy atom. The van der Waals surface area contributed by atoms with Gasteiger partial charge < -0.3 is 11.1 Å². The first-order valence-electron chi connectivity index (χ1n) is 7.55. The van der Waals surface area contributed by atoms with E-state index < -0.39 is 0 Å². The fourth-order valence-electron chi connectivity index (χ4n) is 3.66. The predicted molar refractivity (Wildman–Crippen MR) is 81.5 cm³/mol. The van der Waals surface area contributed by atoms with Crippen molar-refractivity contribution in [1.82, 2.24) is 0 Å². The van der Waals surface area contributed by atoms with Crippen molar-refractivity contribution in [2.75, 3.05) is 11.9 Å². The fraction of sp³-hybridized carbons (Fsp3) is 0.625. The maximum absolute atomic E-state index is 13.5. The number of hydrogen-bond acceptors (Lipinski definition) is 2. The van der Waals surface area contributed by atoms with Gasteiger partial charge in [0, 0.05) is 22.8 Å². The van der Waals surface area contributed by atoms with E-state index in [-0.39, 0.29) is 11.4 Å². The van der Waals surface area contributed by atoms with Crippen LogP contribution in [0.1, 0.15) is 38.5 Å². The molecule has 0 aromatic heterocycles. The zero-order chi connectivity index (χ0) is 14.2. The highest BCUT2D eigenvalue weighted by atomic mass is 35.5. The highest BCUT2D eigenvalue weighted by molar-refractivity contribution is 6.30. The Bertz CT molecular complexity index is 469. The van der Waals surface area contributed by atoms with Crippen molar-refractivity contribution in [1.29, 1.82) is 0 Å². The second-order valence-electron chi connectivity index (χ2n) is 6.46. The van der Waals surface area contributed by atoms with Gasteiger partial charge in [-0.05, 0) is 55.7 Å². The molecule has 0 heterocycles. The van der Waals surface area contributed by atoms with Crippen LogP contribution in [0.4, 0.5) is 10.1 Å². The van der Waals surface area contributed by atoms with Gasteiger partial charge in [0.15, 0.2) is 0 Å². The molecule has 0 radical (unpaired) electrons. The Balaban J connectivity index is 1.77. The summed E-state index contributed by atoms with van der Waals surface area (Å²) >= 11 is 5.93. The van der Waals surface area contributed by atoms with Gasteiger partial charge in [-0.3, -0.25) is 0 Å². The summed E-state index contributed by atoms with van der Waals surface area (Å²) in [5, 5.41) is 3.91. The summed E-state index contributed by atoms with van der Waals surface area (Å²) in [5.41, 5.74) is 6.71. The molecule has 3 rings (SSSR count). The van der Waals surface area contributed by atoms with Crippen molar-refractivity contribution in [3.8, 4) is 0 Å². The number of benzene rings is 1. The van der Waals surface area contributed by atoms with Crippen LogP contribution in [0, 0.1) is 17.7 Å². The average Bonchev–Trinajstić information content (AvgIpc) is 3.22. The highest BCUT2D eigenvalue weighted by Crippen LogP contribution is 2.47. The van der Waals surface area contributed by atoms with Crippen LogP contribution in [0.15, 0.2) is 18.2 Å². The number of hydrogen-bond donors (Lipinski definition) is 2. The molecule has 1 aromatic rings. The summed E-state index contributed by atoms with van der Waals surface area (Å²) in [6, 6.07) is 4.61. The fourth-order valence-corrected chi connectivity index (χ4v) is 3.88. The molecule has 0 aliphatic heterocycles. The second-order valence-corrected chi connectivity index (χ2v) is 6.90. The minimum atomic E-state index is -0.304. The van der Waals surface area contributed by atoms with Gasteiger partial charge in [0.1, 0.15) is 5.82 Å².